The molecule has 0 aliphatic heterocycles. The Morgan fingerprint density at radius 1 is 1.15 bits per heavy atom. The second-order valence-electron chi connectivity index (χ2n) is 2.16. The van der Waals surface area contributed by atoms with E-state index in [-0.39, 0.29) is 65.5 Å². The number of carboxylic acids is 2. The molecule has 0 aromatic carbocycles. The molecule has 0 bridgehead atoms. The summed E-state index contributed by atoms with van der Waals surface area (Å²) in [4.78, 5) is 20.5. The molecule has 7 heteroatoms. The molecule has 0 aromatic rings. The third-order valence-corrected chi connectivity index (χ3v) is 1.29. The minimum absolute atomic E-state index is 0. The van der Waals surface area contributed by atoms with Crippen molar-refractivity contribution in [3.05, 3.63) is 0 Å². The average Bonchev–Trinajstić information content (AvgIpc) is 1.87. The minimum atomic E-state index is -1.31. The van der Waals surface area contributed by atoms with E-state index in [4.69, 9.17) is 15.9 Å². The molecular formula is C6H13NNa2O4. The van der Waals surface area contributed by atoms with Gasteiger partial charge >= 0.3 is 71.1 Å². The summed E-state index contributed by atoms with van der Waals surface area (Å²) in [5.74, 6) is -3.91. The fourth-order valence-electron chi connectivity index (χ4n) is 0.675. The Balaban J connectivity index is -0.000000500. The molecular weight excluding hydrogens is 196 g/mol. The summed E-state index contributed by atoms with van der Waals surface area (Å²) in [7, 11) is 0. The van der Waals surface area contributed by atoms with Gasteiger partial charge < -0.3 is 15.9 Å². The molecule has 0 fully saturated rings. The summed E-state index contributed by atoms with van der Waals surface area (Å²) >= 11 is 0. The van der Waals surface area contributed by atoms with Gasteiger partial charge in [-0.2, -0.15) is 0 Å². The van der Waals surface area contributed by atoms with Gasteiger partial charge in [0, 0.05) is 0 Å². The molecule has 0 saturated heterocycles. The first-order valence-corrected chi connectivity index (χ1v) is 3.25. The predicted octanol–water partition coefficient (Wildman–Crippen LogP) is -1.79. The maximum absolute atomic E-state index is 10.2. The molecule has 0 saturated carbocycles. The van der Waals surface area contributed by atoms with Crippen LogP contribution in [0.15, 0.2) is 0 Å². The zero-order chi connectivity index (χ0) is 8.85. The molecule has 0 atom stereocenters. The van der Waals surface area contributed by atoms with Crippen molar-refractivity contribution >= 4 is 71.1 Å². The Hall–Kier alpha value is 0.900. The van der Waals surface area contributed by atoms with Gasteiger partial charge in [0.2, 0.25) is 0 Å². The molecule has 0 amide bonds. The topological polar surface area (TPSA) is 101 Å². The van der Waals surface area contributed by atoms with Crippen molar-refractivity contribution in [1.29, 1.82) is 0 Å². The van der Waals surface area contributed by atoms with Crippen molar-refractivity contribution in [2.24, 2.45) is 11.7 Å². The molecule has 4 N–H and O–H groups in total. The Bertz CT molecular complexity index is 151. The van der Waals surface area contributed by atoms with Crippen molar-refractivity contribution in [2.45, 2.75) is 12.8 Å². The molecule has 0 heterocycles. The van der Waals surface area contributed by atoms with E-state index in [0.29, 0.717) is 13.0 Å². The van der Waals surface area contributed by atoms with Crippen LogP contribution in [-0.2, 0) is 9.59 Å². The van der Waals surface area contributed by atoms with E-state index in [1.54, 1.807) is 0 Å². The SMILES string of the molecule is NCCCC(C(=O)O)C(=O)O.[NaH].[NaH]. The number of carbonyl (C=O) groups is 2. The molecule has 0 rings (SSSR count). The van der Waals surface area contributed by atoms with Crippen LogP contribution in [0.5, 0.6) is 0 Å². The first-order chi connectivity index (χ1) is 5.09. The third kappa shape index (κ3) is 9.21. The second kappa shape index (κ2) is 11.0. The van der Waals surface area contributed by atoms with Crippen molar-refractivity contribution in [3.63, 3.8) is 0 Å². The van der Waals surface area contributed by atoms with E-state index >= 15 is 0 Å². The number of hydrogen-bond acceptors (Lipinski definition) is 3. The number of nitrogens with two attached hydrogens (primary N) is 1. The molecule has 0 aromatic heterocycles. The summed E-state index contributed by atoms with van der Waals surface area (Å²) in [6.45, 7) is 0.317. The Labute approximate surface area is 121 Å². The van der Waals surface area contributed by atoms with Crippen LogP contribution in [0.4, 0.5) is 0 Å². The van der Waals surface area contributed by atoms with Gasteiger partial charge in [-0.1, -0.05) is 0 Å². The first-order valence-electron chi connectivity index (χ1n) is 3.25. The zero-order valence-corrected chi connectivity index (χ0v) is 5.99. The zero-order valence-electron chi connectivity index (χ0n) is 5.99. The first kappa shape index (κ1) is 19.5. The van der Waals surface area contributed by atoms with Gasteiger partial charge in [-0.15, -0.1) is 0 Å². The van der Waals surface area contributed by atoms with E-state index < -0.39 is 17.9 Å². The molecule has 68 valence electrons. The molecule has 13 heavy (non-hydrogen) atoms. The standard InChI is InChI=1S/C6H11NO4.2Na.2H/c7-3-1-2-4(5(8)9)6(10)11;;;;/h4H,1-3,7H2,(H,8,9)(H,10,11);;;;. The predicted molar refractivity (Wildman–Crippen MR) is 51.3 cm³/mol. The molecule has 0 spiro atoms. The van der Waals surface area contributed by atoms with Crippen LogP contribution in [0.25, 0.3) is 0 Å². The maximum atomic E-state index is 10.2. The fourth-order valence-corrected chi connectivity index (χ4v) is 0.675. The van der Waals surface area contributed by atoms with Gasteiger partial charge in [0.15, 0.2) is 5.92 Å². The van der Waals surface area contributed by atoms with E-state index in [1.165, 1.54) is 0 Å². The molecule has 5 nitrogen and oxygen atoms in total. The quantitative estimate of drug-likeness (QED) is 0.367. The molecule has 0 unspecified atom stereocenters. The van der Waals surface area contributed by atoms with E-state index in [1.807, 2.05) is 0 Å². The normalized spacial score (nSPS) is 8.46. The van der Waals surface area contributed by atoms with Gasteiger partial charge in [-0.05, 0) is 19.4 Å². The number of carboxylic acid groups (broad SMARTS) is 2. The van der Waals surface area contributed by atoms with Crippen LogP contribution in [0.3, 0.4) is 0 Å². The Morgan fingerprint density at radius 2 is 1.54 bits per heavy atom. The van der Waals surface area contributed by atoms with Crippen molar-refractivity contribution in [1.82, 2.24) is 0 Å². The molecule has 0 aliphatic rings. The fraction of sp³-hybridized carbons (Fsp3) is 0.667. The van der Waals surface area contributed by atoms with Crippen LogP contribution in [0.2, 0.25) is 0 Å². The number of aliphatic carboxylic acids is 2. The van der Waals surface area contributed by atoms with Gasteiger partial charge in [0.05, 0.1) is 0 Å². The van der Waals surface area contributed by atoms with Gasteiger partial charge in [-0.3, -0.25) is 9.59 Å². The van der Waals surface area contributed by atoms with Crippen LogP contribution in [0.1, 0.15) is 12.8 Å². The van der Waals surface area contributed by atoms with Crippen LogP contribution in [-0.4, -0.2) is 87.8 Å². The van der Waals surface area contributed by atoms with Crippen LogP contribution in [0, 0.1) is 5.92 Å². The van der Waals surface area contributed by atoms with E-state index in [0.717, 1.165) is 0 Å². The summed E-state index contributed by atoms with van der Waals surface area (Å²) in [6, 6.07) is 0. The van der Waals surface area contributed by atoms with E-state index in [2.05, 4.69) is 0 Å². The van der Waals surface area contributed by atoms with Crippen LogP contribution < -0.4 is 5.73 Å². The van der Waals surface area contributed by atoms with Crippen LogP contribution >= 0.6 is 0 Å². The summed E-state index contributed by atoms with van der Waals surface area (Å²) in [5.41, 5.74) is 5.09. The molecule has 0 radical (unpaired) electrons. The van der Waals surface area contributed by atoms with Crippen molar-refractivity contribution in [3.8, 4) is 0 Å². The second-order valence-corrected chi connectivity index (χ2v) is 2.16. The summed E-state index contributed by atoms with van der Waals surface area (Å²) in [5, 5.41) is 16.7. The number of rotatable bonds is 5. The monoisotopic (exact) mass is 209 g/mol. The third-order valence-electron chi connectivity index (χ3n) is 1.29. The average molecular weight is 209 g/mol. The van der Waals surface area contributed by atoms with Gasteiger partial charge in [-0.25, -0.2) is 0 Å². The van der Waals surface area contributed by atoms with Gasteiger partial charge in [0.25, 0.3) is 0 Å². The number of hydrogen-bond donors (Lipinski definition) is 3. The Morgan fingerprint density at radius 3 is 1.77 bits per heavy atom. The molecule has 0 aliphatic carbocycles. The van der Waals surface area contributed by atoms with E-state index in [9.17, 15) is 9.59 Å². The Kier molecular flexibility index (Phi) is 16.4. The summed E-state index contributed by atoms with van der Waals surface area (Å²) in [6.07, 6.45) is 0.518. The van der Waals surface area contributed by atoms with Crippen molar-refractivity contribution in [2.75, 3.05) is 6.54 Å². The van der Waals surface area contributed by atoms with Gasteiger partial charge in [0.1, 0.15) is 0 Å². The van der Waals surface area contributed by atoms with Crippen molar-refractivity contribution < 1.29 is 19.8 Å². The summed E-state index contributed by atoms with van der Waals surface area (Å²) < 4.78 is 0.